The van der Waals surface area contributed by atoms with Crippen molar-refractivity contribution in [2.75, 3.05) is 0 Å². The number of nitrogens with zero attached hydrogens (tertiary/aromatic N) is 1. The van der Waals surface area contributed by atoms with Crippen molar-refractivity contribution in [2.24, 2.45) is 4.99 Å². The van der Waals surface area contributed by atoms with Gasteiger partial charge in [0.25, 0.3) is 0 Å². The lowest BCUT2D eigenvalue weighted by atomic mass is 10.1. The van der Waals surface area contributed by atoms with Gasteiger partial charge in [-0.3, -0.25) is 0 Å². The molecule has 0 spiro atoms. The van der Waals surface area contributed by atoms with Crippen LogP contribution in [0, 0.1) is 5.41 Å². The highest BCUT2D eigenvalue weighted by atomic mass is 14.7. The molecule has 2 heteroatoms. The lowest BCUT2D eigenvalue weighted by Gasteiger charge is -1.96. The van der Waals surface area contributed by atoms with Crippen molar-refractivity contribution in [1.29, 1.82) is 5.41 Å². The fourth-order valence-electron chi connectivity index (χ4n) is 1.30. The summed E-state index contributed by atoms with van der Waals surface area (Å²) in [6.45, 7) is 0. The van der Waals surface area contributed by atoms with Crippen molar-refractivity contribution in [1.82, 2.24) is 0 Å². The zero-order valence-corrected chi connectivity index (χ0v) is 6.75. The molecule has 0 aliphatic heterocycles. The summed E-state index contributed by atoms with van der Waals surface area (Å²) in [6.07, 6.45) is 2.65. The molecule has 1 N–H and O–H groups in total. The lowest BCUT2D eigenvalue weighted by Crippen LogP contribution is -1.75. The van der Waals surface area contributed by atoms with Crippen LogP contribution in [0.4, 0.5) is 5.69 Å². The first kappa shape index (κ1) is 7.26. The Morgan fingerprint density at radius 2 is 1.92 bits per heavy atom. The van der Waals surface area contributed by atoms with E-state index in [-0.39, 0.29) is 0 Å². The molecule has 1 aliphatic carbocycles. The van der Waals surface area contributed by atoms with Crippen LogP contribution in [0.25, 0.3) is 0 Å². The van der Waals surface area contributed by atoms with E-state index in [1.807, 2.05) is 18.1 Å². The van der Waals surface area contributed by atoms with E-state index >= 15 is 0 Å². The largest absolute Gasteiger partial charge is 0.241 e. The van der Waals surface area contributed by atoms with Crippen molar-refractivity contribution in [3.63, 3.8) is 0 Å². The molecule has 1 aromatic rings. The minimum atomic E-state index is 0.794. The van der Waals surface area contributed by atoms with Crippen LogP contribution in [0.1, 0.15) is 24.3 Å². The van der Waals surface area contributed by atoms with E-state index in [1.165, 1.54) is 18.4 Å². The van der Waals surface area contributed by atoms with Crippen LogP contribution < -0.4 is 0 Å². The minimum absolute atomic E-state index is 0.794. The summed E-state index contributed by atoms with van der Waals surface area (Å²) >= 11 is 0. The molecular weight excluding hydrogens is 148 g/mol. The minimum Gasteiger partial charge on any atom is -0.241 e. The van der Waals surface area contributed by atoms with Crippen LogP contribution in [0.3, 0.4) is 0 Å². The summed E-state index contributed by atoms with van der Waals surface area (Å²) in [4.78, 5) is 3.74. The first-order valence-corrected chi connectivity index (χ1v) is 4.12. The maximum Gasteiger partial charge on any atom is 0.0918 e. The van der Waals surface area contributed by atoms with E-state index in [9.17, 15) is 0 Å². The number of benzene rings is 1. The van der Waals surface area contributed by atoms with Crippen molar-refractivity contribution < 1.29 is 0 Å². The summed E-state index contributed by atoms with van der Waals surface area (Å²) in [5.74, 6) is 0.794. The average Bonchev–Trinajstić information content (AvgIpc) is 2.89. The molecule has 1 saturated carbocycles. The van der Waals surface area contributed by atoms with Crippen molar-refractivity contribution >= 4 is 11.7 Å². The number of rotatable bonds is 2. The Labute approximate surface area is 71.5 Å². The molecule has 0 radical (unpaired) electrons. The highest BCUT2D eigenvalue weighted by Gasteiger charge is 2.22. The van der Waals surface area contributed by atoms with E-state index in [0.717, 1.165) is 11.6 Å². The van der Waals surface area contributed by atoms with Gasteiger partial charge in [0.1, 0.15) is 0 Å². The second-order valence-corrected chi connectivity index (χ2v) is 3.09. The highest BCUT2D eigenvalue weighted by Crippen LogP contribution is 2.40. The Bertz CT molecular complexity index is 316. The highest BCUT2D eigenvalue weighted by molar-refractivity contribution is 5.50. The van der Waals surface area contributed by atoms with Gasteiger partial charge >= 0.3 is 0 Å². The fraction of sp³-hybridized carbons (Fsp3) is 0.300. The normalized spacial score (nSPS) is 15.3. The van der Waals surface area contributed by atoms with Crippen LogP contribution in [0.2, 0.25) is 0 Å². The van der Waals surface area contributed by atoms with E-state index in [1.54, 1.807) is 0 Å². The third-order valence-corrected chi connectivity index (χ3v) is 2.13. The molecule has 12 heavy (non-hydrogen) atoms. The van der Waals surface area contributed by atoms with Crippen LogP contribution >= 0.6 is 0 Å². The predicted octanol–water partition coefficient (Wildman–Crippen LogP) is 2.95. The van der Waals surface area contributed by atoms with Gasteiger partial charge < -0.3 is 0 Å². The Morgan fingerprint density at radius 3 is 2.42 bits per heavy atom. The van der Waals surface area contributed by atoms with Crippen LogP contribution in [-0.4, -0.2) is 6.01 Å². The van der Waals surface area contributed by atoms with Gasteiger partial charge in [-0.15, -0.1) is 0 Å². The maximum absolute atomic E-state index is 6.67. The van der Waals surface area contributed by atoms with E-state index < -0.39 is 0 Å². The first-order valence-electron chi connectivity index (χ1n) is 4.12. The molecule has 1 aromatic carbocycles. The third-order valence-electron chi connectivity index (χ3n) is 2.13. The molecule has 0 atom stereocenters. The third kappa shape index (κ3) is 1.44. The Hall–Kier alpha value is -1.40. The standard InChI is InChI=1S/C10H10N2/c11-7-12-10-5-3-9(4-6-10)8-1-2-8/h3-6,8,11H,1-2H2. The van der Waals surface area contributed by atoms with Gasteiger partial charge in [-0.25, -0.2) is 5.41 Å². The number of aliphatic imine (C=N–C) groups is 1. The van der Waals surface area contributed by atoms with Gasteiger partial charge in [0.2, 0.25) is 0 Å². The molecule has 0 saturated heterocycles. The topological polar surface area (TPSA) is 36.2 Å². The molecule has 0 unspecified atom stereocenters. The number of nitrogens with one attached hydrogen (secondary N) is 1. The molecule has 1 fully saturated rings. The molecule has 2 rings (SSSR count). The first-order chi connectivity index (χ1) is 5.90. The van der Waals surface area contributed by atoms with Crippen LogP contribution in [-0.2, 0) is 0 Å². The van der Waals surface area contributed by atoms with E-state index in [4.69, 9.17) is 5.41 Å². The van der Waals surface area contributed by atoms with E-state index in [0.29, 0.717) is 0 Å². The van der Waals surface area contributed by atoms with Gasteiger partial charge in [0.15, 0.2) is 0 Å². The van der Waals surface area contributed by atoms with Crippen molar-refractivity contribution in [2.45, 2.75) is 18.8 Å². The van der Waals surface area contributed by atoms with Crippen LogP contribution in [0.15, 0.2) is 29.3 Å². The van der Waals surface area contributed by atoms with Gasteiger partial charge in [-0.2, -0.15) is 4.99 Å². The smallest absolute Gasteiger partial charge is 0.0918 e. The van der Waals surface area contributed by atoms with Crippen LogP contribution in [0.5, 0.6) is 0 Å². The predicted molar refractivity (Wildman–Crippen MR) is 48.2 cm³/mol. The average molecular weight is 158 g/mol. The fourth-order valence-corrected chi connectivity index (χ4v) is 1.30. The second-order valence-electron chi connectivity index (χ2n) is 3.09. The molecule has 0 amide bonds. The van der Waals surface area contributed by atoms with Gasteiger partial charge in [0.05, 0.1) is 11.7 Å². The monoisotopic (exact) mass is 158 g/mol. The molecule has 0 bridgehead atoms. The number of hydrogen-bond acceptors (Lipinski definition) is 2. The zero-order chi connectivity index (χ0) is 8.39. The van der Waals surface area contributed by atoms with E-state index in [2.05, 4.69) is 17.1 Å². The number of hydrogen-bond donors (Lipinski definition) is 1. The Morgan fingerprint density at radius 1 is 1.25 bits per heavy atom. The second kappa shape index (κ2) is 2.92. The molecule has 2 nitrogen and oxygen atoms in total. The zero-order valence-electron chi connectivity index (χ0n) is 6.75. The molecular formula is C10H10N2. The van der Waals surface area contributed by atoms with Crippen molar-refractivity contribution in [3.05, 3.63) is 29.8 Å². The molecule has 1 aliphatic rings. The van der Waals surface area contributed by atoms with Gasteiger partial charge in [0, 0.05) is 0 Å². The molecule has 0 aromatic heterocycles. The summed E-state index contributed by atoms with van der Waals surface area (Å²) < 4.78 is 0. The molecule has 60 valence electrons. The SMILES string of the molecule is N=C=Nc1ccc(C2CC2)cc1. The summed E-state index contributed by atoms with van der Waals surface area (Å²) in [6, 6.07) is 10.1. The summed E-state index contributed by atoms with van der Waals surface area (Å²) in [5.41, 5.74) is 2.22. The Kier molecular flexibility index (Phi) is 1.77. The summed E-state index contributed by atoms with van der Waals surface area (Å²) in [7, 11) is 0. The maximum atomic E-state index is 6.67. The lowest BCUT2D eigenvalue weighted by molar-refractivity contribution is 1.13. The van der Waals surface area contributed by atoms with Gasteiger partial charge in [-0.05, 0) is 36.5 Å². The Balaban J connectivity index is 2.23. The van der Waals surface area contributed by atoms with Crippen molar-refractivity contribution in [3.8, 4) is 0 Å². The quantitative estimate of drug-likeness (QED) is 0.642. The molecule has 0 heterocycles. The van der Waals surface area contributed by atoms with Gasteiger partial charge in [-0.1, -0.05) is 12.1 Å². The summed E-state index contributed by atoms with van der Waals surface area (Å²) in [5, 5.41) is 6.67.